The lowest BCUT2D eigenvalue weighted by Gasteiger charge is -2.12. The molecule has 1 aliphatic carbocycles. The van der Waals surface area contributed by atoms with Crippen molar-refractivity contribution in [2.24, 2.45) is 5.92 Å². The Bertz CT molecular complexity index is 1690. The third-order valence-corrected chi connectivity index (χ3v) is 6.14. The van der Waals surface area contributed by atoms with Crippen LogP contribution in [-0.2, 0) is 20.6 Å². The molecular weight excluding hydrogens is 655 g/mol. The van der Waals surface area contributed by atoms with E-state index >= 15 is 0 Å². The second-order valence-corrected chi connectivity index (χ2v) is 9.41. The van der Waals surface area contributed by atoms with Gasteiger partial charge < -0.3 is 15.5 Å². The van der Waals surface area contributed by atoms with Crippen molar-refractivity contribution in [3.8, 4) is 11.3 Å². The summed E-state index contributed by atoms with van der Waals surface area (Å²) in [7, 11) is 0. The number of fused-ring (bicyclic) bond motifs is 2. The van der Waals surface area contributed by atoms with Gasteiger partial charge in [-0.25, -0.2) is 28.3 Å². The van der Waals surface area contributed by atoms with Crippen molar-refractivity contribution < 1.29 is 72.9 Å². The molecular formula is C22H12F11N5O5S. The van der Waals surface area contributed by atoms with Gasteiger partial charge in [0.15, 0.2) is 5.13 Å². The van der Waals surface area contributed by atoms with Gasteiger partial charge in [0.1, 0.15) is 22.3 Å². The predicted molar refractivity (Wildman–Crippen MR) is 126 cm³/mol. The van der Waals surface area contributed by atoms with Gasteiger partial charge in [0.05, 0.1) is 28.9 Å². The number of carbonyl (C=O) groups is 3. The van der Waals surface area contributed by atoms with E-state index in [0.717, 1.165) is 11.3 Å². The molecule has 3 aromatic heterocycles. The van der Waals surface area contributed by atoms with Gasteiger partial charge in [-0.05, 0) is 24.6 Å². The van der Waals surface area contributed by atoms with Gasteiger partial charge in [0.2, 0.25) is 5.91 Å². The number of aromatic nitrogens is 4. The van der Waals surface area contributed by atoms with E-state index in [2.05, 4.69) is 25.5 Å². The van der Waals surface area contributed by atoms with E-state index in [4.69, 9.17) is 19.8 Å². The second-order valence-electron chi connectivity index (χ2n) is 8.44. The van der Waals surface area contributed by atoms with Gasteiger partial charge in [0.25, 0.3) is 0 Å². The molecule has 4 aromatic rings. The molecule has 10 nitrogen and oxygen atoms in total. The SMILES string of the molecule is O=C(Nc1nc2ccc(-c3c(F)c(C(F)(F)F)cc4[nH]ncc34)nc2s1)[C@@H]1C[C@@H]1F.O=C(O)C(F)(F)F.O=C(O)C(F)(F)F. The van der Waals surface area contributed by atoms with Crippen LogP contribution in [-0.4, -0.2) is 66.7 Å². The van der Waals surface area contributed by atoms with E-state index in [-0.39, 0.29) is 38.5 Å². The molecule has 0 saturated heterocycles. The van der Waals surface area contributed by atoms with Gasteiger partial charge in [-0.2, -0.15) is 44.6 Å². The molecule has 1 saturated carbocycles. The van der Waals surface area contributed by atoms with E-state index < -0.39 is 59.8 Å². The standard InChI is InChI=1S/C18H10F5N5OS.2C2HF3O2/c19-9-3-6(9)15(29)27-17-26-11-2-1-10(25-16(11)30-17)13-7-5-24-28-12(7)4-8(14(13)20)18(21,22)23;2*3-2(4,5)1(6)7/h1-2,4-6,9H,3H2,(H,24,28)(H,26,27,29);2*(H,6,7)/t6-,9+;;/m1../s1. The van der Waals surface area contributed by atoms with Crippen LogP contribution in [0.15, 0.2) is 24.4 Å². The number of H-pyrrole nitrogens is 1. The zero-order valence-electron chi connectivity index (χ0n) is 20.7. The lowest BCUT2D eigenvalue weighted by atomic mass is 10.0. The Kier molecular flexibility index (Phi) is 9.36. The fourth-order valence-corrected chi connectivity index (χ4v) is 4.01. The minimum absolute atomic E-state index is 0.0167. The molecule has 22 heteroatoms. The molecule has 0 aliphatic heterocycles. The van der Waals surface area contributed by atoms with Crippen molar-refractivity contribution in [1.29, 1.82) is 0 Å². The summed E-state index contributed by atoms with van der Waals surface area (Å²) < 4.78 is 131. The molecule has 0 spiro atoms. The molecule has 238 valence electrons. The maximum atomic E-state index is 14.9. The number of nitrogens with one attached hydrogen (secondary N) is 2. The van der Waals surface area contributed by atoms with Gasteiger partial charge in [-0.15, -0.1) is 0 Å². The number of carboxylic acid groups (broad SMARTS) is 2. The van der Waals surface area contributed by atoms with Gasteiger partial charge in [-0.3, -0.25) is 9.89 Å². The van der Waals surface area contributed by atoms with Gasteiger partial charge >= 0.3 is 30.5 Å². The first-order valence-corrected chi connectivity index (χ1v) is 12.0. The predicted octanol–water partition coefficient (Wildman–Crippen LogP) is 5.96. The first-order valence-electron chi connectivity index (χ1n) is 11.2. The van der Waals surface area contributed by atoms with Crippen LogP contribution in [0.3, 0.4) is 0 Å². The molecule has 44 heavy (non-hydrogen) atoms. The number of hydrogen-bond acceptors (Lipinski definition) is 7. The van der Waals surface area contributed by atoms with Crippen molar-refractivity contribution in [3.05, 3.63) is 35.8 Å². The molecule has 0 radical (unpaired) electrons. The molecule has 1 aromatic carbocycles. The number of benzene rings is 1. The number of halogens is 11. The van der Waals surface area contributed by atoms with E-state index in [1.165, 1.54) is 18.3 Å². The zero-order valence-corrected chi connectivity index (χ0v) is 21.5. The highest BCUT2D eigenvalue weighted by Crippen LogP contribution is 2.40. The highest BCUT2D eigenvalue weighted by molar-refractivity contribution is 7.22. The summed E-state index contributed by atoms with van der Waals surface area (Å²) in [5.74, 6) is -8.16. The highest BCUT2D eigenvalue weighted by atomic mass is 32.1. The van der Waals surface area contributed by atoms with E-state index in [1.54, 1.807) is 0 Å². The highest BCUT2D eigenvalue weighted by Gasteiger charge is 2.44. The van der Waals surface area contributed by atoms with Crippen molar-refractivity contribution in [1.82, 2.24) is 20.2 Å². The van der Waals surface area contributed by atoms with Crippen LogP contribution in [0.25, 0.3) is 32.5 Å². The number of carbonyl (C=O) groups excluding carboxylic acids is 1. The first kappa shape index (κ1) is 33.9. The summed E-state index contributed by atoms with van der Waals surface area (Å²) in [6, 6.07) is 3.47. The number of aliphatic carboxylic acids is 2. The fraction of sp³-hybridized carbons (Fsp3) is 0.273. The molecule has 4 N–H and O–H groups in total. The van der Waals surface area contributed by atoms with Crippen LogP contribution in [0.1, 0.15) is 12.0 Å². The summed E-state index contributed by atoms with van der Waals surface area (Å²) >= 11 is 0.959. The van der Waals surface area contributed by atoms with Crippen molar-refractivity contribution in [2.45, 2.75) is 31.1 Å². The summed E-state index contributed by atoms with van der Waals surface area (Å²) in [4.78, 5) is 38.4. The molecule has 3 heterocycles. The molecule has 5 rings (SSSR count). The van der Waals surface area contributed by atoms with Gasteiger partial charge in [0, 0.05) is 10.9 Å². The quantitative estimate of drug-likeness (QED) is 0.195. The van der Waals surface area contributed by atoms with Crippen LogP contribution in [0.4, 0.5) is 53.4 Å². The summed E-state index contributed by atoms with van der Waals surface area (Å²) in [5, 5.41) is 23.2. The Morgan fingerprint density at radius 2 is 1.50 bits per heavy atom. The molecule has 1 amide bonds. The van der Waals surface area contributed by atoms with E-state index in [0.29, 0.717) is 11.6 Å². The Morgan fingerprint density at radius 1 is 0.955 bits per heavy atom. The normalized spacial score (nSPS) is 16.4. The summed E-state index contributed by atoms with van der Waals surface area (Å²) in [6.45, 7) is 0. The number of carboxylic acids is 2. The third-order valence-electron chi connectivity index (χ3n) is 5.26. The Balaban J connectivity index is 0.000000317. The van der Waals surface area contributed by atoms with Crippen molar-refractivity contribution in [3.63, 3.8) is 0 Å². The number of pyridine rings is 1. The first-order chi connectivity index (χ1) is 20.1. The minimum atomic E-state index is -5.08. The lowest BCUT2D eigenvalue weighted by molar-refractivity contribution is -0.193. The third kappa shape index (κ3) is 8.05. The van der Waals surface area contributed by atoms with E-state index in [1.807, 2.05) is 0 Å². The number of amides is 1. The summed E-state index contributed by atoms with van der Waals surface area (Å²) in [5.41, 5.74) is -1.43. The number of hydrogen-bond donors (Lipinski definition) is 4. The largest absolute Gasteiger partial charge is 0.490 e. The van der Waals surface area contributed by atoms with Crippen LogP contribution in [0, 0.1) is 11.7 Å². The zero-order chi connectivity index (χ0) is 33.4. The number of nitrogens with zero attached hydrogens (tertiary/aromatic N) is 3. The fourth-order valence-electron chi connectivity index (χ4n) is 3.17. The topological polar surface area (TPSA) is 158 Å². The van der Waals surface area contributed by atoms with Crippen LogP contribution >= 0.6 is 11.3 Å². The maximum Gasteiger partial charge on any atom is 0.490 e. The maximum absolute atomic E-state index is 14.9. The second kappa shape index (κ2) is 12.2. The minimum Gasteiger partial charge on any atom is -0.475 e. The molecule has 0 bridgehead atoms. The molecule has 1 fully saturated rings. The molecule has 0 unspecified atom stereocenters. The average molecular weight is 667 g/mol. The number of alkyl halides is 10. The smallest absolute Gasteiger partial charge is 0.475 e. The van der Waals surface area contributed by atoms with Crippen LogP contribution in [0.2, 0.25) is 0 Å². The Morgan fingerprint density at radius 3 is 1.98 bits per heavy atom. The monoisotopic (exact) mass is 667 g/mol. The Hall–Kier alpha value is -4.63. The number of aromatic amines is 1. The average Bonchev–Trinajstić information content (AvgIpc) is 3.25. The lowest BCUT2D eigenvalue weighted by Crippen LogP contribution is -2.21. The Labute approximate surface area is 238 Å². The summed E-state index contributed by atoms with van der Waals surface area (Å²) in [6.07, 6.45) is -14.8. The van der Waals surface area contributed by atoms with Crippen LogP contribution in [0.5, 0.6) is 0 Å². The van der Waals surface area contributed by atoms with Crippen molar-refractivity contribution in [2.75, 3.05) is 5.32 Å². The van der Waals surface area contributed by atoms with E-state index in [9.17, 15) is 53.1 Å². The van der Waals surface area contributed by atoms with Crippen LogP contribution < -0.4 is 5.32 Å². The van der Waals surface area contributed by atoms with Gasteiger partial charge in [-0.1, -0.05) is 11.3 Å². The number of anilines is 1. The molecule has 1 aliphatic rings. The molecule has 2 atom stereocenters. The number of thiazole rings is 1. The van der Waals surface area contributed by atoms with Crippen molar-refractivity contribution >= 4 is 55.6 Å². The number of rotatable bonds is 3.